The Labute approximate surface area is 165 Å². The van der Waals surface area contributed by atoms with Crippen molar-refractivity contribution in [2.75, 3.05) is 11.9 Å². The average Bonchev–Trinajstić information content (AvgIpc) is 2.72. The summed E-state index contributed by atoms with van der Waals surface area (Å²) in [6.07, 6.45) is 4.34. The molecule has 0 saturated heterocycles. The Balaban J connectivity index is 1.50. The maximum Gasteiger partial charge on any atom is 0.331 e. The lowest BCUT2D eigenvalue weighted by molar-refractivity contribution is -0.143. The molecule has 3 amide bonds. The van der Waals surface area contributed by atoms with Crippen molar-refractivity contribution in [2.24, 2.45) is 0 Å². The number of amides is 3. The second kappa shape index (κ2) is 9.23. The predicted molar refractivity (Wildman–Crippen MR) is 105 cm³/mol. The maximum atomic E-state index is 13.5. The quantitative estimate of drug-likeness (QED) is 0.512. The normalized spacial score (nSPS) is 10.7. The van der Waals surface area contributed by atoms with Gasteiger partial charge in [0.1, 0.15) is 5.82 Å². The zero-order valence-electron chi connectivity index (χ0n) is 15.1. The van der Waals surface area contributed by atoms with E-state index < -0.39 is 30.3 Å². The molecule has 2 aromatic carbocycles. The van der Waals surface area contributed by atoms with Crippen LogP contribution in [0.4, 0.5) is 14.9 Å². The molecule has 3 aromatic rings. The highest BCUT2D eigenvalue weighted by molar-refractivity contribution is 6.02. The number of carbonyl (C=O) groups is 3. The molecule has 0 atom stereocenters. The molecule has 7 nitrogen and oxygen atoms in total. The van der Waals surface area contributed by atoms with Crippen LogP contribution in [-0.4, -0.2) is 29.5 Å². The van der Waals surface area contributed by atoms with E-state index in [4.69, 9.17) is 4.74 Å². The monoisotopic (exact) mass is 393 g/mol. The third-order valence-electron chi connectivity index (χ3n) is 3.78. The van der Waals surface area contributed by atoms with Gasteiger partial charge in [0.25, 0.3) is 5.91 Å². The molecule has 0 aliphatic heterocycles. The lowest BCUT2D eigenvalue weighted by Crippen LogP contribution is -2.37. The number of imide groups is 1. The van der Waals surface area contributed by atoms with Crippen LogP contribution in [0.25, 0.3) is 17.0 Å². The van der Waals surface area contributed by atoms with Gasteiger partial charge in [0.2, 0.25) is 0 Å². The van der Waals surface area contributed by atoms with Gasteiger partial charge < -0.3 is 10.1 Å². The van der Waals surface area contributed by atoms with Gasteiger partial charge in [-0.25, -0.2) is 14.0 Å². The number of esters is 1. The van der Waals surface area contributed by atoms with Crippen molar-refractivity contribution in [2.45, 2.75) is 0 Å². The first-order valence-electron chi connectivity index (χ1n) is 8.57. The number of ether oxygens (including phenoxy) is 1. The summed E-state index contributed by atoms with van der Waals surface area (Å²) in [7, 11) is 0. The number of aromatic nitrogens is 1. The molecule has 0 spiro atoms. The molecule has 29 heavy (non-hydrogen) atoms. The van der Waals surface area contributed by atoms with Crippen LogP contribution in [0.1, 0.15) is 5.56 Å². The van der Waals surface area contributed by atoms with Crippen LogP contribution in [0.5, 0.6) is 0 Å². The van der Waals surface area contributed by atoms with Crippen molar-refractivity contribution in [3.8, 4) is 0 Å². The predicted octanol–water partition coefficient (Wildman–Crippen LogP) is 3.28. The van der Waals surface area contributed by atoms with Gasteiger partial charge >= 0.3 is 12.0 Å². The van der Waals surface area contributed by atoms with E-state index in [9.17, 15) is 18.8 Å². The summed E-state index contributed by atoms with van der Waals surface area (Å²) in [6.45, 7) is -0.665. The number of hydrogen-bond acceptors (Lipinski definition) is 5. The summed E-state index contributed by atoms with van der Waals surface area (Å²) in [4.78, 5) is 39.5. The second-order valence-electron chi connectivity index (χ2n) is 5.85. The minimum absolute atomic E-state index is 0.0820. The van der Waals surface area contributed by atoms with Gasteiger partial charge in [0.05, 0.1) is 11.2 Å². The second-order valence-corrected chi connectivity index (χ2v) is 5.85. The van der Waals surface area contributed by atoms with E-state index in [1.165, 1.54) is 24.3 Å². The maximum absolute atomic E-state index is 13.5. The molecule has 1 heterocycles. The number of pyridine rings is 1. The standard InChI is InChI=1S/C21H16FN3O4/c22-16-8-1-2-9-17(16)24-21(28)25-18(26)13-29-19(27)11-10-15-6-3-5-14-7-4-12-23-20(14)15/h1-12H,13H2,(H2,24,25,26,28)/b11-10+. The van der Waals surface area contributed by atoms with Gasteiger partial charge in [-0.3, -0.25) is 15.1 Å². The number of hydrogen-bond donors (Lipinski definition) is 2. The highest BCUT2D eigenvalue weighted by atomic mass is 19.1. The van der Waals surface area contributed by atoms with E-state index in [1.54, 1.807) is 12.3 Å². The number of nitrogens with zero attached hydrogens (tertiary/aromatic N) is 1. The number of benzene rings is 2. The fraction of sp³-hybridized carbons (Fsp3) is 0.0476. The van der Waals surface area contributed by atoms with Gasteiger partial charge in [-0.1, -0.05) is 36.4 Å². The fourth-order valence-corrected chi connectivity index (χ4v) is 2.48. The topological polar surface area (TPSA) is 97.4 Å². The zero-order chi connectivity index (χ0) is 20.6. The Hall–Kier alpha value is -4.07. The zero-order valence-corrected chi connectivity index (χ0v) is 15.1. The molecule has 1 aromatic heterocycles. The Bertz CT molecular complexity index is 1090. The molecule has 8 heteroatoms. The van der Waals surface area contributed by atoms with Crippen LogP contribution in [0.3, 0.4) is 0 Å². The van der Waals surface area contributed by atoms with Crippen LogP contribution in [-0.2, 0) is 14.3 Å². The average molecular weight is 393 g/mol. The smallest absolute Gasteiger partial charge is 0.331 e. The van der Waals surface area contributed by atoms with E-state index in [0.29, 0.717) is 5.56 Å². The molecule has 0 aliphatic rings. The summed E-state index contributed by atoms with van der Waals surface area (Å²) in [5, 5.41) is 5.05. The van der Waals surface area contributed by atoms with E-state index >= 15 is 0 Å². The number of rotatable bonds is 5. The van der Waals surface area contributed by atoms with Crippen LogP contribution in [0.15, 0.2) is 66.9 Å². The molecule has 3 rings (SSSR count). The van der Waals surface area contributed by atoms with Crippen molar-refractivity contribution < 1.29 is 23.5 Å². The summed E-state index contributed by atoms with van der Waals surface area (Å²) < 4.78 is 18.3. The first-order chi connectivity index (χ1) is 14.0. The van der Waals surface area contributed by atoms with Crippen LogP contribution < -0.4 is 10.6 Å². The molecular weight excluding hydrogens is 377 g/mol. The van der Waals surface area contributed by atoms with E-state index in [1.807, 2.05) is 29.6 Å². The lowest BCUT2D eigenvalue weighted by atomic mass is 10.1. The Morgan fingerprint density at radius 3 is 2.66 bits per heavy atom. The van der Waals surface area contributed by atoms with Crippen molar-refractivity contribution in [1.29, 1.82) is 0 Å². The molecule has 0 aliphatic carbocycles. The molecule has 0 bridgehead atoms. The minimum atomic E-state index is -0.937. The highest BCUT2D eigenvalue weighted by Crippen LogP contribution is 2.17. The Morgan fingerprint density at radius 2 is 1.83 bits per heavy atom. The van der Waals surface area contributed by atoms with E-state index in [2.05, 4.69) is 10.3 Å². The van der Waals surface area contributed by atoms with Gasteiger partial charge in [0.15, 0.2) is 6.61 Å². The number of urea groups is 1. The summed E-state index contributed by atoms with van der Waals surface area (Å²) in [5.41, 5.74) is 1.36. The van der Waals surface area contributed by atoms with Crippen molar-refractivity contribution in [3.05, 3.63) is 78.3 Å². The van der Waals surface area contributed by atoms with Crippen molar-refractivity contribution >= 4 is 40.6 Å². The Kier molecular flexibility index (Phi) is 6.26. The summed E-state index contributed by atoms with van der Waals surface area (Å²) in [6, 6.07) is 13.8. The van der Waals surface area contributed by atoms with Gasteiger partial charge in [-0.15, -0.1) is 0 Å². The van der Waals surface area contributed by atoms with Crippen LogP contribution in [0, 0.1) is 5.82 Å². The van der Waals surface area contributed by atoms with Gasteiger partial charge in [-0.2, -0.15) is 0 Å². The molecule has 0 radical (unpaired) electrons. The molecule has 2 N–H and O–H groups in total. The SMILES string of the molecule is O=C(COC(=O)/C=C/c1cccc2cccnc12)NC(=O)Nc1ccccc1F. The Morgan fingerprint density at radius 1 is 1.03 bits per heavy atom. The fourth-order valence-electron chi connectivity index (χ4n) is 2.48. The number of para-hydroxylation sites is 2. The van der Waals surface area contributed by atoms with Gasteiger partial charge in [0, 0.05) is 23.2 Å². The number of anilines is 1. The van der Waals surface area contributed by atoms with Crippen LogP contribution >= 0.6 is 0 Å². The van der Waals surface area contributed by atoms with Crippen molar-refractivity contribution in [1.82, 2.24) is 10.3 Å². The molecule has 0 saturated carbocycles. The summed E-state index contributed by atoms with van der Waals surface area (Å²) >= 11 is 0. The molecule has 0 unspecified atom stereocenters. The number of carbonyl (C=O) groups excluding carboxylic acids is 3. The molecular formula is C21H16FN3O4. The third-order valence-corrected chi connectivity index (χ3v) is 3.78. The number of fused-ring (bicyclic) bond motifs is 1. The lowest BCUT2D eigenvalue weighted by Gasteiger charge is -2.07. The largest absolute Gasteiger partial charge is 0.452 e. The number of halogens is 1. The van der Waals surface area contributed by atoms with Gasteiger partial charge in [-0.05, 0) is 24.3 Å². The summed E-state index contributed by atoms with van der Waals surface area (Å²) in [5.74, 6) is -2.26. The first-order valence-corrected chi connectivity index (χ1v) is 8.57. The van der Waals surface area contributed by atoms with E-state index in [0.717, 1.165) is 23.0 Å². The first kappa shape index (κ1) is 19.7. The molecule has 146 valence electrons. The van der Waals surface area contributed by atoms with Crippen molar-refractivity contribution in [3.63, 3.8) is 0 Å². The van der Waals surface area contributed by atoms with Crippen LogP contribution in [0.2, 0.25) is 0 Å². The number of nitrogens with one attached hydrogen (secondary N) is 2. The third kappa shape index (κ3) is 5.46. The molecule has 0 fully saturated rings. The minimum Gasteiger partial charge on any atom is -0.452 e. The highest BCUT2D eigenvalue weighted by Gasteiger charge is 2.11. The van der Waals surface area contributed by atoms with E-state index in [-0.39, 0.29) is 5.69 Å².